The second-order valence-corrected chi connectivity index (χ2v) is 4.21. The van der Waals surface area contributed by atoms with Crippen LogP contribution in [0.25, 0.3) is 0 Å². The highest BCUT2D eigenvalue weighted by molar-refractivity contribution is 5.67. The largest absolute Gasteiger partial charge is 0.463 e. The molecule has 0 saturated carbocycles. The lowest BCUT2D eigenvalue weighted by atomic mass is 10.0. The zero-order chi connectivity index (χ0) is 15.3. The molecule has 1 saturated heterocycles. The summed E-state index contributed by atoms with van der Waals surface area (Å²) in [5.41, 5.74) is 0. The van der Waals surface area contributed by atoms with Crippen molar-refractivity contribution in [3.63, 3.8) is 0 Å². The predicted molar refractivity (Wildman–Crippen MR) is 61.8 cm³/mol. The average Bonchev–Trinajstić information content (AvgIpc) is 2.31. The Morgan fingerprint density at radius 2 is 1.60 bits per heavy atom. The highest BCUT2D eigenvalue weighted by Crippen LogP contribution is 2.26. The summed E-state index contributed by atoms with van der Waals surface area (Å²) in [4.78, 5) is 32.9. The summed E-state index contributed by atoms with van der Waals surface area (Å²) >= 11 is 0. The second-order valence-electron chi connectivity index (χ2n) is 4.21. The number of esters is 3. The molecule has 1 aliphatic rings. The smallest absolute Gasteiger partial charge is 0.303 e. The first-order valence-corrected chi connectivity index (χ1v) is 5.92. The molecule has 20 heavy (non-hydrogen) atoms. The number of carbonyl (C=O) groups is 3. The summed E-state index contributed by atoms with van der Waals surface area (Å²) < 4.78 is 33.2. The summed E-state index contributed by atoms with van der Waals surface area (Å²) in [5, 5.41) is 0. The van der Waals surface area contributed by atoms with Gasteiger partial charge in [0.05, 0.1) is 0 Å². The van der Waals surface area contributed by atoms with Gasteiger partial charge in [-0.15, -0.1) is 0 Å². The van der Waals surface area contributed by atoms with E-state index in [0.29, 0.717) is 0 Å². The number of rotatable bonds is 4. The third kappa shape index (κ3) is 4.76. The number of carbonyl (C=O) groups excluding carboxylic acids is 3. The molecule has 0 spiro atoms. The Bertz CT molecular complexity index is 384. The predicted octanol–water partition coefficient (Wildman–Crippen LogP) is 0.312. The lowest BCUT2D eigenvalue weighted by Crippen LogP contribution is -2.54. The molecule has 8 heteroatoms. The highest BCUT2D eigenvalue weighted by atomic mass is 19.1. The van der Waals surface area contributed by atoms with Crippen LogP contribution in [0.1, 0.15) is 20.8 Å². The Hall–Kier alpha value is -1.70. The number of hydrogen-bond donors (Lipinski definition) is 0. The monoisotopic (exact) mass is 291 g/mol. The molecular formula is C12H16FO7. The van der Waals surface area contributed by atoms with Gasteiger partial charge in [-0.2, -0.15) is 0 Å². The molecular weight excluding hydrogens is 275 g/mol. The number of hydrogen-bond acceptors (Lipinski definition) is 7. The van der Waals surface area contributed by atoms with Gasteiger partial charge in [0.25, 0.3) is 0 Å². The van der Waals surface area contributed by atoms with Crippen molar-refractivity contribution in [2.75, 3.05) is 6.61 Å². The average molecular weight is 291 g/mol. The topological polar surface area (TPSA) is 88.1 Å². The van der Waals surface area contributed by atoms with Crippen LogP contribution in [0.5, 0.6) is 0 Å². The SMILES string of the molecule is CC(=O)OC[C@H]1O[CH][C@H](F)[C@@H](OC(C)=O)[C@@H]1OC(C)=O. The molecule has 0 aromatic rings. The molecule has 0 unspecified atom stereocenters. The molecule has 0 aromatic heterocycles. The van der Waals surface area contributed by atoms with Crippen LogP contribution < -0.4 is 0 Å². The molecule has 0 bridgehead atoms. The Morgan fingerprint density at radius 3 is 2.10 bits per heavy atom. The molecule has 0 aromatic carbocycles. The van der Waals surface area contributed by atoms with Crippen LogP contribution in [0.2, 0.25) is 0 Å². The molecule has 0 N–H and O–H groups in total. The van der Waals surface area contributed by atoms with Crippen molar-refractivity contribution < 1.29 is 37.7 Å². The van der Waals surface area contributed by atoms with E-state index in [0.717, 1.165) is 20.5 Å². The molecule has 1 aliphatic heterocycles. The van der Waals surface area contributed by atoms with E-state index in [1.54, 1.807) is 0 Å². The molecule has 7 nitrogen and oxygen atoms in total. The third-order valence-corrected chi connectivity index (χ3v) is 2.44. The summed E-state index contributed by atoms with van der Waals surface area (Å²) in [5.74, 6) is -1.99. The van der Waals surface area contributed by atoms with Crippen LogP contribution >= 0.6 is 0 Å². The zero-order valence-electron chi connectivity index (χ0n) is 11.3. The molecule has 1 radical (unpaired) electrons. The minimum Gasteiger partial charge on any atom is -0.463 e. The molecule has 1 heterocycles. The Balaban J connectivity index is 2.83. The fourth-order valence-electron chi connectivity index (χ4n) is 1.72. The van der Waals surface area contributed by atoms with Gasteiger partial charge in [0, 0.05) is 20.8 Å². The van der Waals surface area contributed by atoms with E-state index < -0.39 is 42.4 Å². The molecule has 0 amide bonds. The van der Waals surface area contributed by atoms with Crippen molar-refractivity contribution in [3.8, 4) is 0 Å². The summed E-state index contributed by atoms with van der Waals surface area (Å²) in [6.07, 6.45) is -5.24. The van der Waals surface area contributed by atoms with E-state index in [4.69, 9.17) is 18.9 Å². The van der Waals surface area contributed by atoms with E-state index in [-0.39, 0.29) is 6.61 Å². The van der Waals surface area contributed by atoms with Crippen molar-refractivity contribution in [3.05, 3.63) is 6.61 Å². The van der Waals surface area contributed by atoms with Gasteiger partial charge in [-0.3, -0.25) is 14.4 Å². The maximum atomic E-state index is 13.7. The van der Waals surface area contributed by atoms with Crippen molar-refractivity contribution >= 4 is 17.9 Å². The van der Waals surface area contributed by atoms with Gasteiger partial charge in [0.2, 0.25) is 0 Å². The van der Waals surface area contributed by atoms with E-state index in [2.05, 4.69) is 0 Å². The lowest BCUT2D eigenvalue weighted by molar-refractivity contribution is -0.204. The van der Waals surface area contributed by atoms with Crippen LogP contribution in [0, 0.1) is 6.61 Å². The lowest BCUT2D eigenvalue weighted by Gasteiger charge is -2.37. The quantitative estimate of drug-likeness (QED) is 0.544. The first-order valence-electron chi connectivity index (χ1n) is 5.92. The van der Waals surface area contributed by atoms with Crippen molar-refractivity contribution in [1.82, 2.24) is 0 Å². The molecule has 113 valence electrons. The maximum Gasteiger partial charge on any atom is 0.303 e. The van der Waals surface area contributed by atoms with Crippen LogP contribution in [0.15, 0.2) is 0 Å². The van der Waals surface area contributed by atoms with E-state index in [1.165, 1.54) is 6.92 Å². The van der Waals surface area contributed by atoms with Crippen molar-refractivity contribution in [2.24, 2.45) is 0 Å². The fourth-order valence-corrected chi connectivity index (χ4v) is 1.72. The van der Waals surface area contributed by atoms with Crippen LogP contribution in [0.3, 0.4) is 0 Å². The minimum atomic E-state index is -1.75. The Kier molecular flexibility index (Phi) is 5.87. The van der Waals surface area contributed by atoms with Gasteiger partial charge < -0.3 is 18.9 Å². The zero-order valence-corrected chi connectivity index (χ0v) is 11.3. The minimum absolute atomic E-state index is 0.256. The molecule has 0 aliphatic carbocycles. The fraction of sp³-hybridized carbons (Fsp3) is 0.667. The first-order chi connectivity index (χ1) is 9.31. The molecule has 1 rings (SSSR count). The second kappa shape index (κ2) is 7.18. The maximum absolute atomic E-state index is 13.7. The van der Waals surface area contributed by atoms with Gasteiger partial charge in [-0.25, -0.2) is 4.39 Å². The standard InChI is InChI=1S/C12H16FO7/c1-6(14)17-5-10-12(20-8(3)16)11(19-7(2)15)9(13)4-18-10/h4,9-12H,5H2,1-3H3/t9-,10+,11+,12+/m0/s1. The summed E-state index contributed by atoms with van der Waals surface area (Å²) in [6.45, 7) is 3.98. The summed E-state index contributed by atoms with van der Waals surface area (Å²) in [6, 6.07) is 0. The van der Waals surface area contributed by atoms with Crippen LogP contribution in [-0.4, -0.2) is 49.0 Å². The van der Waals surface area contributed by atoms with Crippen LogP contribution in [0.4, 0.5) is 4.39 Å². The third-order valence-electron chi connectivity index (χ3n) is 2.44. The number of alkyl halides is 1. The number of ether oxygens (including phenoxy) is 4. The number of halogens is 1. The van der Waals surface area contributed by atoms with E-state index in [1.807, 2.05) is 0 Å². The molecule has 4 atom stereocenters. The molecule has 1 fully saturated rings. The highest BCUT2D eigenvalue weighted by Gasteiger charge is 2.46. The Labute approximate surface area is 115 Å². The van der Waals surface area contributed by atoms with Gasteiger partial charge in [0.1, 0.15) is 19.3 Å². The van der Waals surface area contributed by atoms with E-state index in [9.17, 15) is 18.8 Å². The first kappa shape index (κ1) is 16.4. The van der Waals surface area contributed by atoms with Crippen molar-refractivity contribution in [1.29, 1.82) is 0 Å². The Morgan fingerprint density at radius 1 is 1.05 bits per heavy atom. The van der Waals surface area contributed by atoms with Gasteiger partial charge in [-0.1, -0.05) is 0 Å². The van der Waals surface area contributed by atoms with Gasteiger partial charge in [0.15, 0.2) is 18.4 Å². The van der Waals surface area contributed by atoms with Gasteiger partial charge in [-0.05, 0) is 0 Å². The van der Waals surface area contributed by atoms with Crippen LogP contribution in [-0.2, 0) is 33.3 Å². The van der Waals surface area contributed by atoms with Crippen molar-refractivity contribution in [2.45, 2.75) is 45.3 Å². The van der Waals surface area contributed by atoms with E-state index >= 15 is 0 Å². The summed E-state index contributed by atoms with van der Waals surface area (Å²) in [7, 11) is 0. The normalized spacial score (nSPS) is 29.4. The van der Waals surface area contributed by atoms with Gasteiger partial charge >= 0.3 is 17.9 Å².